The third kappa shape index (κ3) is 4.43. The van der Waals surface area contributed by atoms with E-state index in [2.05, 4.69) is 19.2 Å². The van der Waals surface area contributed by atoms with E-state index in [0.717, 1.165) is 13.0 Å². The lowest BCUT2D eigenvalue weighted by atomic mass is 9.93. The van der Waals surface area contributed by atoms with Gasteiger partial charge in [0.2, 0.25) is 0 Å². The van der Waals surface area contributed by atoms with Crippen LogP contribution in [0.15, 0.2) is 24.3 Å². The predicted octanol–water partition coefficient (Wildman–Crippen LogP) is 2.38. The average Bonchev–Trinajstić information content (AvgIpc) is 2.93. The second kappa shape index (κ2) is 7.41. The zero-order valence-corrected chi connectivity index (χ0v) is 12.5. The first-order valence-electron chi connectivity index (χ1n) is 7.33. The van der Waals surface area contributed by atoms with E-state index in [-0.39, 0.29) is 24.4 Å². The number of benzene rings is 1. The first kappa shape index (κ1) is 15.8. The third-order valence-corrected chi connectivity index (χ3v) is 3.68. The van der Waals surface area contributed by atoms with Gasteiger partial charge in [-0.3, -0.25) is 4.79 Å². The molecule has 1 heterocycles. The van der Waals surface area contributed by atoms with E-state index in [1.165, 1.54) is 12.1 Å². The molecular formula is C16H22FNO3. The van der Waals surface area contributed by atoms with Crippen LogP contribution >= 0.6 is 0 Å². The summed E-state index contributed by atoms with van der Waals surface area (Å²) in [5.74, 6) is 0.158. The Labute approximate surface area is 124 Å². The standard InChI is InChI=1S/C16H22FNO3/c1-11(2)16-12(7-8-20-16)9-18-15(19)10-21-14-6-4-3-5-13(14)17/h3-6,11-12,16H,7-10H2,1-2H3,(H,18,19)/t12-,16-/m0/s1. The topological polar surface area (TPSA) is 47.6 Å². The van der Waals surface area contributed by atoms with Gasteiger partial charge in [0.25, 0.3) is 5.91 Å². The fraction of sp³-hybridized carbons (Fsp3) is 0.562. The zero-order valence-electron chi connectivity index (χ0n) is 12.5. The summed E-state index contributed by atoms with van der Waals surface area (Å²) in [7, 11) is 0. The third-order valence-electron chi connectivity index (χ3n) is 3.68. The molecular weight excluding hydrogens is 273 g/mol. The minimum Gasteiger partial charge on any atom is -0.481 e. The predicted molar refractivity (Wildman–Crippen MR) is 77.6 cm³/mol. The molecule has 21 heavy (non-hydrogen) atoms. The van der Waals surface area contributed by atoms with Crippen molar-refractivity contribution >= 4 is 5.91 Å². The SMILES string of the molecule is CC(C)[C@@H]1OCC[C@H]1CNC(=O)COc1ccccc1F. The maximum atomic E-state index is 13.3. The van der Waals surface area contributed by atoms with E-state index in [0.29, 0.717) is 18.4 Å². The van der Waals surface area contributed by atoms with Crippen LogP contribution in [0.25, 0.3) is 0 Å². The Hall–Kier alpha value is -1.62. The van der Waals surface area contributed by atoms with Gasteiger partial charge in [0.1, 0.15) is 0 Å². The number of para-hydroxylation sites is 1. The molecule has 5 heteroatoms. The van der Waals surface area contributed by atoms with Crippen LogP contribution < -0.4 is 10.1 Å². The van der Waals surface area contributed by atoms with Crippen LogP contribution in [0.4, 0.5) is 4.39 Å². The molecule has 0 radical (unpaired) electrons. The number of amides is 1. The molecule has 0 spiro atoms. The Bertz CT molecular complexity index is 478. The number of rotatable bonds is 6. The molecule has 0 bridgehead atoms. The molecule has 1 aliphatic rings. The van der Waals surface area contributed by atoms with Crippen molar-refractivity contribution in [3.63, 3.8) is 0 Å². The van der Waals surface area contributed by atoms with E-state index in [1.54, 1.807) is 12.1 Å². The van der Waals surface area contributed by atoms with Crippen molar-refractivity contribution in [2.45, 2.75) is 26.4 Å². The molecule has 1 aromatic rings. The Kier molecular flexibility index (Phi) is 5.56. The van der Waals surface area contributed by atoms with Crippen LogP contribution in [0, 0.1) is 17.7 Å². The molecule has 1 saturated heterocycles. The highest BCUT2D eigenvalue weighted by Crippen LogP contribution is 2.26. The van der Waals surface area contributed by atoms with Crippen LogP contribution in [0.5, 0.6) is 5.75 Å². The monoisotopic (exact) mass is 295 g/mol. The summed E-state index contributed by atoms with van der Waals surface area (Å²) in [5.41, 5.74) is 0. The quantitative estimate of drug-likeness (QED) is 0.876. The van der Waals surface area contributed by atoms with E-state index in [9.17, 15) is 9.18 Å². The molecule has 1 N–H and O–H groups in total. The fourth-order valence-electron chi connectivity index (χ4n) is 2.61. The number of nitrogens with one attached hydrogen (secondary N) is 1. The van der Waals surface area contributed by atoms with Gasteiger partial charge in [-0.1, -0.05) is 26.0 Å². The molecule has 0 unspecified atom stereocenters. The van der Waals surface area contributed by atoms with E-state index >= 15 is 0 Å². The van der Waals surface area contributed by atoms with Gasteiger partial charge in [0.05, 0.1) is 6.10 Å². The van der Waals surface area contributed by atoms with E-state index in [1.807, 2.05) is 0 Å². The van der Waals surface area contributed by atoms with Crippen LogP contribution in [0.1, 0.15) is 20.3 Å². The maximum absolute atomic E-state index is 13.3. The molecule has 1 amide bonds. The lowest BCUT2D eigenvalue weighted by Gasteiger charge is -2.22. The summed E-state index contributed by atoms with van der Waals surface area (Å²) in [5, 5.41) is 2.83. The number of hydrogen-bond acceptors (Lipinski definition) is 3. The van der Waals surface area contributed by atoms with Gasteiger partial charge in [-0.25, -0.2) is 4.39 Å². The van der Waals surface area contributed by atoms with Crippen molar-refractivity contribution in [2.24, 2.45) is 11.8 Å². The molecule has 1 aromatic carbocycles. The summed E-state index contributed by atoms with van der Waals surface area (Å²) in [6.45, 7) is 5.37. The largest absolute Gasteiger partial charge is 0.481 e. The van der Waals surface area contributed by atoms with Gasteiger partial charge in [-0.2, -0.15) is 0 Å². The molecule has 4 nitrogen and oxygen atoms in total. The zero-order chi connectivity index (χ0) is 15.2. The number of ether oxygens (including phenoxy) is 2. The Morgan fingerprint density at radius 3 is 2.95 bits per heavy atom. The first-order valence-corrected chi connectivity index (χ1v) is 7.33. The second-order valence-electron chi connectivity index (χ2n) is 5.65. The van der Waals surface area contributed by atoms with Crippen molar-refractivity contribution in [1.82, 2.24) is 5.32 Å². The van der Waals surface area contributed by atoms with E-state index in [4.69, 9.17) is 9.47 Å². The molecule has 2 rings (SSSR count). The summed E-state index contributed by atoms with van der Waals surface area (Å²) in [6, 6.07) is 6.05. The summed E-state index contributed by atoms with van der Waals surface area (Å²) in [6.07, 6.45) is 1.15. The van der Waals surface area contributed by atoms with Gasteiger partial charge in [-0.05, 0) is 24.5 Å². The van der Waals surface area contributed by atoms with Crippen LogP contribution in [0.2, 0.25) is 0 Å². The minimum absolute atomic E-state index is 0.0944. The fourth-order valence-corrected chi connectivity index (χ4v) is 2.61. The van der Waals surface area contributed by atoms with Crippen LogP contribution in [-0.4, -0.2) is 31.8 Å². The van der Waals surface area contributed by atoms with Crippen molar-refractivity contribution in [3.05, 3.63) is 30.1 Å². The lowest BCUT2D eigenvalue weighted by Crippen LogP contribution is -2.37. The van der Waals surface area contributed by atoms with Crippen molar-refractivity contribution in [2.75, 3.05) is 19.8 Å². The van der Waals surface area contributed by atoms with Gasteiger partial charge in [-0.15, -0.1) is 0 Å². The minimum atomic E-state index is -0.464. The van der Waals surface area contributed by atoms with Crippen molar-refractivity contribution in [3.8, 4) is 5.75 Å². The highest BCUT2D eigenvalue weighted by molar-refractivity contribution is 5.77. The lowest BCUT2D eigenvalue weighted by molar-refractivity contribution is -0.123. The molecule has 2 atom stereocenters. The Balaban J connectivity index is 1.74. The van der Waals surface area contributed by atoms with Gasteiger partial charge in [0.15, 0.2) is 18.2 Å². The highest BCUT2D eigenvalue weighted by Gasteiger charge is 2.30. The Morgan fingerprint density at radius 1 is 1.48 bits per heavy atom. The average molecular weight is 295 g/mol. The van der Waals surface area contributed by atoms with E-state index < -0.39 is 5.82 Å². The first-order chi connectivity index (χ1) is 10.1. The summed E-state index contributed by atoms with van der Waals surface area (Å²) < 4.78 is 24.2. The summed E-state index contributed by atoms with van der Waals surface area (Å²) in [4.78, 5) is 11.8. The molecule has 116 valence electrons. The number of carbonyl (C=O) groups excluding carboxylic acids is 1. The van der Waals surface area contributed by atoms with Crippen molar-refractivity contribution in [1.29, 1.82) is 0 Å². The smallest absolute Gasteiger partial charge is 0.257 e. The number of carbonyl (C=O) groups is 1. The van der Waals surface area contributed by atoms with Crippen LogP contribution in [-0.2, 0) is 9.53 Å². The normalized spacial score (nSPS) is 21.5. The van der Waals surface area contributed by atoms with Gasteiger partial charge >= 0.3 is 0 Å². The highest BCUT2D eigenvalue weighted by atomic mass is 19.1. The maximum Gasteiger partial charge on any atom is 0.257 e. The van der Waals surface area contributed by atoms with Crippen molar-refractivity contribution < 1.29 is 18.7 Å². The molecule has 1 aliphatic heterocycles. The molecule has 0 aromatic heterocycles. The Morgan fingerprint density at radius 2 is 2.24 bits per heavy atom. The number of hydrogen-bond donors (Lipinski definition) is 1. The van der Waals surface area contributed by atoms with Crippen LogP contribution in [0.3, 0.4) is 0 Å². The molecule has 0 saturated carbocycles. The number of halogens is 1. The molecule has 1 fully saturated rings. The molecule has 0 aliphatic carbocycles. The second-order valence-corrected chi connectivity index (χ2v) is 5.65. The summed E-state index contributed by atoms with van der Waals surface area (Å²) >= 11 is 0. The van der Waals surface area contributed by atoms with Gasteiger partial charge in [0, 0.05) is 19.1 Å². The van der Waals surface area contributed by atoms with Gasteiger partial charge < -0.3 is 14.8 Å².